The number of carbonyl (C=O) groups is 1. The van der Waals surface area contributed by atoms with Crippen LogP contribution in [-0.2, 0) is 10.0 Å². The van der Waals surface area contributed by atoms with Crippen molar-refractivity contribution in [1.29, 1.82) is 0 Å². The number of para-hydroxylation sites is 1. The Labute approximate surface area is 152 Å². The summed E-state index contributed by atoms with van der Waals surface area (Å²) < 4.78 is 34.3. The molecule has 1 aliphatic heterocycles. The lowest BCUT2D eigenvalue weighted by Gasteiger charge is -2.12. The van der Waals surface area contributed by atoms with Gasteiger partial charge in [-0.25, -0.2) is 13.6 Å². The lowest BCUT2D eigenvalue weighted by molar-refractivity contribution is 0.102. The highest BCUT2D eigenvalue weighted by Gasteiger charge is 2.31. The third-order valence-electron chi connectivity index (χ3n) is 4.52. The van der Waals surface area contributed by atoms with Gasteiger partial charge in [0.1, 0.15) is 22.5 Å². The van der Waals surface area contributed by atoms with Crippen molar-refractivity contribution in [3.05, 3.63) is 47.5 Å². The number of methoxy groups -OCH3 is 1. The Kier molecular flexibility index (Phi) is 4.64. The van der Waals surface area contributed by atoms with Crippen molar-refractivity contribution in [3.8, 4) is 11.5 Å². The molecule has 26 heavy (non-hydrogen) atoms. The van der Waals surface area contributed by atoms with Crippen molar-refractivity contribution in [1.82, 2.24) is 0 Å². The van der Waals surface area contributed by atoms with Gasteiger partial charge in [-0.05, 0) is 31.2 Å². The van der Waals surface area contributed by atoms with Crippen LogP contribution in [0.4, 0.5) is 5.69 Å². The summed E-state index contributed by atoms with van der Waals surface area (Å²) in [5, 5.41) is 7.89. The maximum Gasteiger partial charge on any atom is 0.259 e. The molecule has 1 heterocycles. The van der Waals surface area contributed by atoms with Crippen LogP contribution in [0.15, 0.2) is 41.3 Å². The van der Waals surface area contributed by atoms with Crippen molar-refractivity contribution in [2.45, 2.75) is 30.8 Å². The first-order valence-electron chi connectivity index (χ1n) is 8.04. The molecule has 0 unspecified atom stereocenters. The van der Waals surface area contributed by atoms with Gasteiger partial charge in [0.25, 0.3) is 5.91 Å². The molecule has 2 aromatic carbocycles. The van der Waals surface area contributed by atoms with E-state index in [0.29, 0.717) is 11.3 Å². The van der Waals surface area contributed by atoms with E-state index in [1.54, 1.807) is 18.2 Å². The zero-order chi connectivity index (χ0) is 19.1. The second-order valence-electron chi connectivity index (χ2n) is 6.20. The zero-order valence-electron chi connectivity index (χ0n) is 14.6. The summed E-state index contributed by atoms with van der Waals surface area (Å²) in [6.07, 6.45) is -0.0195. The zero-order valence-corrected chi connectivity index (χ0v) is 15.5. The molecule has 3 rings (SSSR count). The first-order chi connectivity index (χ1) is 12.2. The van der Waals surface area contributed by atoms with Gasteiger partial charge < -0.3 is 14.8 Å². The molecule has 0 aromatic heterocycles. The van der Waals surface area contributed by atoms with Crippen LogP contribution in [0.25, 0.3) is 0 Å². The Morgan fingerprint density at radius 3 is 2.62 bits per heavy atom. The molecule has 1 aliphatic rings. The van der Waals surface area contributed by atoms with E-state index >= 15 is 0 Å². The van der Waals surface area contributed by atoms with Crippen LogP contribution < -0.4 is 19.9 Å². The molecule has 1 amide bonds. The van der Waals surface area contributed by atoms with Crippen LogP contribution in [0.3, 0.4) is 0 Å². The summed E-state index contributed by atoms with van der Waals surface area (Å²) in [7, 11) is -2.65. The summed E-state index contributed by atoms with van der Waals surface area (Å²) in [5.74, 6) is 0.462. The number of rotatable bonds is 4. The van der Waals surface area contributed by atoms with Crippen LogP contribution in [0, 0.1) is 0 Å². The van der Waals surface area contributed by atoms with E-state index in [1.165, 1.54) is 19.2 Å². The fourth-order valence-electron chi connectivity index (χ4n) is 2.94. The highest BCUT2D eigenvalue weighted by Crippen LogP contribution is 2.40. The van der Waals surface area contributed by atoms with Gasteiger partial charge in [-0.2, -0.15) is 0 Å². The van der Waals surface area contributed by atoms with Crippen molar-refractivity contribution in [3.63, 3.8) is 0 Å². The molecule has 0 aliphatic carbocycles. The van der Waals surface area contributed by atoms with Crippen molar-refractivity contribution in [2.24, 2.45) is 5.14 Å². The number of carbonyl (C=O) groups excluding carboxylic acids is 1. The first-order valence-corrected chi connectivity index (χ1v) is 9.58. The second kappa shape index (κ2) is 6.62. The van der Waals surface area contributed by atoms with Crippen molar-refractivity contribution in [2.75, 3.05) is 12.4 Å². The number of ether oxygens (including phenoxy) is 2. The van der Waals surface area contributed by atoms with Crippen LogP contribution in [0.2, 0.25) is 0 Å². The van der Waals surface area contributed by atoms with Gasteiger partial charge in [-0.1, -0.05) is 19.1 Å². The number of sulfonamides is 1. The molecule has 0 saturated heterocycles. The Morgan fingerprint density at radius 1 is 1.23 bits per heavy atom. The average Bonchev–Trinajstić information content (AvgIpc) is 2.88. The van der Waals surface area contributed by atoms with Crippen molar-refractivity contribution < 1.29 is 22.7 Å². The van der Waals surface area contributed by atoms with Gasteiger partial charge in [-0.3, -0.25) is 4.79 Å². The fraction of sp³-hybridized carbons (Fsp3) is 0.278. The minimum Gasteiger partial charge on any atom is -0.495 e. The number of nitrogens with one attached hydrogen (secondary N) is 1. The third-order valence-corrected chi connectivity index (χ3v) is 5.45. The maximum atomic E-state index is 12.7. The molecule has 0 fully saturated rings. The molecule has 0 spiro atoms. The Balaban J connectivity index is 1.93. The molecule has 0 bridgehead atoms. The number of benzene rings is 2. The van der Waals surface area contributed by atoms with E-state index in [9.17, 15) is 13.2 Å². The monoisotopic (exact) mass is 376 g/mol. The van der Waals surface area contributed by atoms with Gasteiger partial charge in [0.2, 0.25) is 10.0 Å². The Hall–Kier alpha value is -2.58. The molecule has 138 valence electrons. The molecule has 8 heteroatoms. The summed E-state index contributed by atoms with van der Waals surface area (Å²) in [6, 6.07) is 9.65. The Morgan fingerprint density at radius 2 is 1.96 bits per heavy atom. The SMILES string of the molecule is COc1ccc(NC(=O)c2cccc3c2O[C@@H](C)[C@@H]3C)cc1S(N)(=O)=O. The van der Waals surface area contributed by atoms with E-state index < -0.39 is 15.9 Å². The van der Waals surface area contributed by atoms with Gasteiger partial charge in [0, 0.05) is 17.2 Å². The van der Waals surface area contributed by atoms with E-state index in [0.717, 1.165) is 5.56 Å². The number of primary sulfonamides is 1. The molecule has 0 saturated carbocycles. The highest BCUT2D eigenvalue weighted by molar-refractivity contribution is 7.89. The van der Waals surface area contributed by atoms with E-state index in [1.807, 2.05) is 19.9 Å². The second-order valence-corrected chi connectivity index (χ2v) is 7.73. The van der Waals surface area contributed by atoms with Gasteiger partial charge in [0.15, 0.2) is 0 Å². The minimum absolute atomic E-state index is 0.0195. The number of hydrogen-bond donors (Lipinski definition) is 2. The van der Waals surface area contributed by atoms with Crippen molar-refractivity contribution >= 4 is 21.6 Å². The van der Waals surface area contributed by atoms with E-state index in [4.69, 9.17) is 14.6 Å². The predicted molar refractivity (Wildman–Crippen MR) is 97.3 cm³/mol. The predicted octanol–water partition coefficient (Wildman–Crippen LogP) is 2.48. The quantitative estimate of drug-likeness (QED) is 0.852. The third kappa shape index (κ3) is 3.25. The highest BCUT2D eigenvalue weighted by atomic mass is 32.2. The molecule has 2 atom stereocenters. The number of amides is 1. The van der Waals surface area contributed by atoms with Crippen LogP contribution in [0.1, 0.15) is 35.7 Å². The van der Waals surface area contributed by atoms with Crippen LogP contribution in [-0.4, -0.2) is 27.5 Å². The maximum absolute atomic E-state index is 12.7. The smallest absolute Gasteiger partial charge is 0.259 e. The average molecular weight is 376 g/mol. The minimum atomic E-state index is -3.99. The molecule has 7 nitrogen and oxygen atoms in total. The van der Waals surface area contributed by atoms with Gasteiger partial charge in [0.05, 0.1) is 12.7 Å². The summed E-state index contributed by atoms with van der Waals surface area (Å²) in [5.41, 5.74) is 1.66. The molecule has 2 aromatic rings. The van der Waals surface area contributed by atoms with Crippen LogP contribution >= 0.6 is 0 Å². The number of hydrogen-bond acceptors (Lipinski definition) is 5. The van der Waals surface area contributed by atoms with Gasteiger partial charge in [-0.15, -0.1) is 0 Å². The standard InChI is InChI=1S/C18H20N2O5S/c1-10-11(2)25-17-13(10)5-4-6-14(17)18(21)20-12-7-8-15(24-3)16(9-12)26(19,22)23/h4-11H,1-3H3,(H,20,21)(H2,19,22,23)/t10-,11-/m0/s1. The van der Waals surface area contributed by atoms with Crippen LogP contribution in [0.5, 0.6) is 11.5 Å². The summed E-state index contributed by atoms with van der Waals surface area (Å²) in [6.45, 7) is 3.99. The number of nitrogens with two attached hydrogens (primary N) is 1. The molecular formula is C18H20N2O5S. The first kappa shape index (κ1) is 18.2. The number of anilines is 1. The molecular weight excluding hydrogens is 356 g/mol. The fourth-order valence-corrected chi connectivity index (χ4v) is 3.66. The summed E-state index contributed by atoms with van der Waals surface area (Å²) >= 11 is 0. The van der Waals surface area contributed by atoms with E-state index in [-0.39, 0.29) is 28.4 Å². The summed E-state index contributed by atoms with van der Waals surface area (Å²) in [4.78, 5) is 12.5. The molecule has 3 N–H and O–H groups in total. The molecule has 0 radical (unpaired) electrons. The normalized spacial score (nSPS) is 18.8. The lowest BCUT2D eigenvalue weighted by Crippen LogP contribution is -2.16. The van der Waals surface area contributed by atoms with E-state index in [2.05, 4.69) is 5.32 Å². The topological polar surface area (TPSA) is 108 Å². The Bertz CT molecular complexity index is 972. The van der Waals surface area contributed by atoms with Gasteiger partial charge >= 0.3 is 0 Å². The number of fused-ring (bicyclic) bond motifs is 1. The largest absolute Gasteiger partial charge is 0.495 e. The lowest BCUT2D eigenvalue weighted by atomic mass is 9.97.